The summed E-state index contributed by atoms with van der Waals surface area (Å²) < 4.78 is 7.53. The van der Waals surface area contributed by atoms with Crippen LogP contribution in [0.2, 0.25) is 0 Å². The van der Waals surface area contributed by atoms with Gasteiger partial charge in [0.05, 0.1) is 19.8 Å². The molecule has 0 amide bonds. The van der Waals surface area contributed by atoms with Crippen LogP contribution in [0.3, 0.4) is 0 Å². The lowest BCUT2D eigenvalue weighted by Crippen LogP contribution is -2.46. The van der Waals surface area contributed by atoms with Crippen molar-refractivity contribution < 1.29 is 4.74 Å². The second kappa shape index (κ2) is 7.06. The van der Waals surface area contributed by atoms with Gasteiger partial charge in [-0.1, -0.05) is 0 Å². The maximum atomic E-state index is 5.38. The molecule has 1 aromatic rings. The third-order valence-electron chi connectivity index (χ3n) is 4.13. The van der Waals surface area contributed by atoms with E-state index in [1.807, 2.05) is 0 Å². The molecule has 2 aliphatic heterocycles. The summed E-state index contributed by atoms with van der Waals surface area (Å²) in [5, 5.41) is 7.08. The molecule has 3 heterocycles. The number of aryl methyl sites for hydroxylation is 1. The molecule has 1 saturated heterocycles. The van der Waals surface area contributed by atoms with Crippen molar-refractivity contribution in [2.45, 2.75) is 6.04 Å². The molecule has 0 radical (unpaired) electrons. The molecular formula is C15H25N5O. The van der Waals surface area contributed by atoms with Crippen molar-refractivity contribution in [2.24, 2.45) is 12.0 Å². The summed E-state index contributed by atoms with van der Waals surface area (Å²) in [4.78, 5) is 7.11. The molecule has 2 N–H and O–H groups in total. The Balaban J connectivity index is 1.55. The first-order chi connectivity index (χ1) is 10.3. The molecule has 3 rings (SSSR count). The van der Waals surface area contributed by atoms with E-state index >= 15 is 0 Å². The zero-order chi connectivity index (χ0) is 14.5. The zero-order valence-electron chi connectivity index (χ0n) is 12.7. The average molecular weight is 291 g/mol. The Bertz CT molecular complexity index is 478. The number of hydrogen-bond donors (Lipinski definition) is 2. The lowest BCUT2D eigenvalue weighted by Gasteiger charge is -2.29. The molecule has 1 aromatic heterocycles. The van der Waals surface area contributed by atoms with E-state index in [0.29, 0.717) is 0 Å². The molecule has 116 valence electrons. The van der Waals surface area contributed by atoms with Gasteiger partial charge in [0, 0.05) is 51.7 Å². The summed E-state index contributed by atoms with van der Waals surface area (Å²) in [6.45, 7) is 7.54. The zero-order valence-corrected chi connectivity index (χ0v) is 12.7. The number of nitrogens with one attached hydrogen (secondary N) is 2. The number of aliphatic imine (C=N–C) groups is 1. The van der Waals surface area contributed by atoms with Crippen molar-refractivity contribution in [1.29, 1.82) is 0 Å². The van der Waals surface area contributed by atoms with E-state index < -0.39 is 0 Å². The second-order valence-corrected chi connectivity index (χ2v) is 5.58. The number of ether oxygens (including phenoxy) is 1. The van der Waals surface area contributed by atoms with Crippen LogP contribution in [0.15, 0.2) is 23.3 Å². The van der Waals surface area contributed by atoms with Crippen molar-refractivity contribution in [3.8, 4) is 0 Å². The normalized spacial score (nSPS) is 23.9. The topological polar surface area (TPSA) is 53.8 Å². The molecule has 1 atom stereocenters. The fourth-order valence-corrected chi connectivity index (χ4v) is 2.92. The lowest BCUT2D eigenvalue weighted by molar-refractivity contribution is 0.0389. The van der Waals surface area contributed by atoms with Crippen LogP contribution in [0.5, 0.6) is 0 Å². The van der Waals surface area contributed by atoms with Gasteiger partial charge in [-0.05, 0) is 12.1 Å². The molecule has 2 aliphatic rings. The predicted octanol–water partition coefficient (Wildman–Crippen LogP) is -0.0103. The molecule has 0 bridgehead atoms. The van der Waals surface area contributed by atoms with E-state index in [2.05, 4.69) is 50.5 Å². The monoisotopic (exact) mass is 291 g/mol. The van der Waals surface area contributed by atoms with E-state index in [4.69, 9.17) is 4.74 Å². The number of amidine groups is 1. The smallest absolute Gasteiger partial charge is 0.120 e. The van der Waals surface area contributed by atoms with Gasteiger partial charge in [0.2, 0.25) is 0 Å². The Kier molecular flexibility index (Phi) is 4.90. The van der Waals surface area contributed by atoms with E-state index in [1.54, 1.807) is 0 Å². The van der Waals surface area contributed by atoms with Crippen LogP contribution < -0.4 is 10.6 Å². The molecule has 0 saturated carbocycles. The van der Waals surface area contributed by atoms with Gasteiger partial charge in [0.1, 0.15) is 11.9 Å². The Labute approximate surface area is 126 Å². The largest absolute Gasteiger partial charge is 0.379 e. The Morgan fingerprint density at radius 1 is 1.43 bits per heavy atom. The van der Waals surface area contributed by atoms with Gasteiger partial charge in [-0.3, -0.25) is 9.89 Å². The van der Waals surface area contributed by atoms with Gasteiger partial charge < -0.3 is 19.9 Å². The summed E-state index contributed by atoms with van der Waals surface area (Å²) in [6.07, 6.45) is 2.08. The Hall–Kier alpha value is -1.37. The first-order valence-corrected chi connectivity index (χ1v) is 7.77. The SMILES string of the molecule is Cn1cccc1C1NCCN=C1NCCN1CCOCC1. The minimum atomic E-state index is 0.184. The molecule has 0 aliphatic carbocycles. The van der Waals surface area contributed by atoms with Crippen LogP contribution in [0.4, 0.5) is 0 Å². The molecule has 6 heteroatoms. The van der Waals surface area contributed by atoms with Crippen LogP contribution in [-0.2, 0) is 11.8 Å². The fraction of sp³-hybridized carbons (Fsp3) is 0.667. The first-order valence-electron chi connectivity index (χ1n) is 7.77. The number of hydrogen-bond acceptors (Lipinski definition) is 5. The summed E-state index contributed by atoms with van der Waals surface area (Å²) in [5.74, 6) is 1.07. The molecule has 6 nitrogen and oxygen atoms in total. The van der Waals surface area contributed by atoms with Gasteiger partial charge in [0.25, 0.3) is 0 Å². The predicted molar refractivity (Wildman–Crippen MR) is 83.7 cm³/mol. The van der Waals surface area contributed by atoms with Crippen molar-refractivity contribution in [1.82, 2.24) is 20.1 Å². The maximum absolute atomic E-state index is 5.38. The van der Waals surface area contributed by atoms with Crippen LogP contribution in [-0.4, -0.2) is 67.8 Å². The van der Waals surface area contributed by atoms with Crippen molar-refractivity contribution in [2.75, 3.05) is 52.5 Å². The van der Waals surface area contributed by atoms with E-state index in [0.717, 1.165) is 58.3 Å². The molecule has 0 spiro atoms. The minimum absolute atomic E-state index is 0.184. The highest BCUT2D eigenvalue weighted by atomic mass is 16.5. The number of aromatic nitrogens is 1. The molecule has 21 heavy (non-hydrogen) atoms. The number of nitrogens with zero attached hydrogens (tertiary/aromatic N) is 3. The van der Waals surface area contributed by atoms with Crippen LogP contribution in [0.25, 0.3) is 0 Å². The highest BCUT2D eigenvalue weighted by Crippen LogP contribution is 2.16. The van der Waals surface area contributed by atoms with Crippen LogP contribution in [0, 0.1) is 0 Å². The van der Waals surface area contributed by atoms with Gasteiger partial charge in [0.15, 0.2) is 0 Å². The lowest BCUT2D eigenvalue weighted by atomic mass is 10.1. The number of morpholine rings is 1. The molecule has 0 aromatic carbocycles. The fourth-order valence-electron chi connectivity index (χ4n) is 2.92. The van der Waals surface area contributed by atoms with Gasteiger partial charge in [-0.15, -0.1) is 0 Å². The second-order valence-electron chi connectivity index (χ2n) is 5.58. The standard InChI is InChI=1S/C15H25N5O/c1-19-7-2-3-13(19)14-15(17-5-4-16-14)18-6-8-20-9-11-21-12-10-20/h2-3,7,14,16H,4-6,8-12H2,1H3,(H,17,18). The molecule has 1 unspecified atom stereocenters. The van der Waals surface area contributed by atoms with Crippen LogP contribution >= 0.6 is 0 Å². The van der Waals surface area contributed by atoms with Crippen molar-refractivity contribution >= 4 is 5.84 Å². The molecular weight excluding hydrogens is 266 g/mol. The van der Waals surface area contributed by atoms with Gasteiger partial charge in [-0.2, -0.15) is 0 Å². The van der Waals surface area contributed by atoms with E-state index in [1.165, 1.54) is 5.69 Å². The summed E-state index contributed by atoms with van der Waals surface area (Å²) in [5.41, 5.74) is 1.26. The highest BCUT2D eigenvalue weighted by Gasteiger charge is 2.22. The van der Waals surface area contributed by atoms with Crippen molar-refractivity contribution in [3.63, 3.8) is 0 Å². The molecule has 1 fully saturated rings. The van der Waals surface area contributed by atoms with Crippen molar-refractivity contribution in [3.05, 3.63) is 24.0 Å². The Morgan fingerprint density at radius 3 is 3.05 bits per heavy atom. The average Bonchev–Trinajstić information content (AvgIpc) is 2.95. The van der Waals surface area contributed by atoms with E-state index in [9.17, 15) is 0 Å². The Morgan fingerprint density at radius 2 is 2.29 bits per heavy atom. The highest BCUT2D eigenvalue weighted by molar-refractivity contribution is 5.88. The van der Waals surface area contributed by atoms with Gasteiger partial charge >= 0.3 is 0 Å². The van der Waals surface area contributed by atoms with Crippen LogP contribution in [0.1, 0.15) is 11.7 Å². The summed E-state index contributed by atoms with van der Waals surface area (Å²) >= 11 is 0. The van der Waals surface area contributed by atoms with Gasteiger partial charge in [-0.25, -0.2) is 0 Å². The third-order valence-corrected chi connectivity index (χ3v) is 4.13. The first kappa shape index (κ1) is 14.6. The quantitative estimate of drug-likeness (QED) is 0.819. The maximum Gasteiger partial charge on any atom is 0.120 e. The minimum Gasteiger partial charge on any atom is -0.379 e. The number of rotatable bonds is 4. The van der Waals surface area contributed by atoms with E-state index in [-0.39, 0.29) is 6.04 Å². The summed E-state index contributed by atoms with van der Waals surface area (Å²) in [6, 6.07) is 4.42. The third kappa shape index (κ3) is 3.64. The summed E-state index contributed by atoms with van der Waals surface area (Å²) in [7, 11) is 2.08.